The monoisotopic (exact) mass is 626 g/mol. The first-order valence-corrected chi connectivity index (χ1v) is 13.2. The van der Waals surface area contributed by atoms with Crippen molar-refractivity contribution in [1.82, 2.24) is 0 Å². The minimum atomic E-state index is -2.04. The Morgan fingerprint density at radius 1 is 0.795 bits per heavy atom. The van der Waals surface area contributed by atoms with Crippen LogP contribution in [-0.2, 0) is 14.2 Å². The molecule has 0 aliphatic carbocycles. The molecule has 2 aromatic carbocycles. The van der Waals surface area contributed by atoms with E-state index in [4.69, 9.17) is 23.4 Å². The van der Waals surface area contributed by atoms with Crippen molar-refractivity contribution in [2.45, 2.75) is 61.7 Å². The summed E-state index contributed by atoms with van der Waals surface area (Å²) in [4.78, 5) is 13.6. The number of hydrogen-bond acceptors (Lipinski definition) is 17. The summed E-state index contributed by atoms with van der Waals surface area (Å²) in [7, 11) is 0. The van der Waals surface area contributed by atoms with Gasteiger partial charge >= 0.3 is 0 Å². The maximum absolute atomic E-state index is 13.6. The van der Waals surface area contributed by atoms with Gasteiger partial charge in [0.05, 0.1) is 25.4 Å². The lowest BCUT2D eigenvalue weighted by Gasteiger charge is -2.44. The maximum atomic E-state index is 13.6. The van der Waals surface area contributed by atoms with Gasteiger partial charge in [0.25, 0.3) is 0 Å². The second kappa shape index (κ2) is 12.2. The molecular weight excluding hydrogens is 596 g/mol. The Hall–Kier alpha value is -3.91. The third-order valence-electron chi connectivity index (χ3n) is 7.30. The third-order valence-corrected chi connectivity index (χ3v) is 7.30. The zero-order valence-electron chi connectivity index (χ0n) is 22.5. The predicted octanol–water partition coefficient (Wildman–Crippen LogP) is -1.98. The second-order valence-corrected chi connectivity index (χ2v) is 10.3. The standard InChI is InChI=1S/C27H30O17/c28-6-10-5-14(34)19(36)26(40-10)43-24-16(7-29)42-27(22(39)21(24)38)44-25-20(37)17-11(31)3-9(30)4-15(17)41-23(25)8-1-12(32)18(35)13(33)2-8/h1-4,10,14,16,19,21-22,24,26-36,38-39H,5-7H2/t10-,14-,16+,19+,21+,22+,24+,26-,27-/m0/s1. The fourth-order valence-corrected chi connectivity index (χ4v) is 5.04. The molecule has 9 atom stereocenters. The van der Waals surface area contributed by atoms with Crippen molar-refractivity contribution in [2.24, 2.45) is 0 Å². The summed E-state index contributed by atoms with van der Waals surface area (Å²) in [5.74, 6) is -5.14. The summed E-state index contributed by atoms with van der Waals surface area (Å²) >= 11 is 0. The van der Waals surface area contributed by atoms with E-state index in [0.29, 0.717) is 0 Å². The van der Waals surface area contributed by atoms with Crippen molar-refractivity contribution >= 4 is 11.0 Å². The molecule has 2 fully saturated rings. The van der Waals surface area contributed by atoms with E-state index in [0.717, 1.165) is 24.3 Å². The zero-order valence-corrected chi connectivity index (χ0v) is 22.5. The van der Waals surface area contributed by atoms with Crippen LogP contribution in [0.5, 0.6) is 34.5 Å². The molecule has 17 nitrogen and oxygen atoms in total. The molecular formula is C27H30O17. The van der Waals surface area contributed by atoms with Crippen LogP contribution in [0.1, 0.15) is 6.42 Å². The van der Waals surface area contributed by atoms with E-state index in [1.54, 1.807) is 0 Å². The smallest absolute Gasteiger partial charge is 0.239 e. The Morgan fingerprint density at radius 3 is 2.11 bits per heavy atom. The van der Waals surface area contributed by atoms with Crippen molar-refractivity contribution in [3.8, 4) is 45.8 Å². The Morgan fingerprint density at radius 2 is 1.48 bits per heavy atom. The van der Waals surface area contributed by atoms with Gasteiger partial charge in [-0.25, -0.2) is 0 Å². The number of rotatable bonds is 7. The predicted molar refractivity (Wildman–Crippen MR) is 142 cm³/mol. The number of ether oxygens (including phenoxy) is 4. The highest BCUT2D eigenvalue weighted by molar-refractivity contribution is 5.88. The van der Waals surface area contributed by atoms with Gasteiger partial charge in [0.15, 0.2) is 29.3 Å². The molecule has 0 spiro atoms. The van der Waals surface area contributed by atoms with Crippen molar-refractivity contribution in [1.29, 1.82) is 0 Å². The van der Waals surface area contributed by atoms with Crippen LogP contribution in [0.3, 0.4) is 0 Å². The van der Waals surface area contributed by atoms with Gasteiger partial charge in [-0.15, -0.1) is 0 Å². The summed E-state index contributed by atoms with van der Waals surface area (Å²) in [6.07, 6.45) is -14.7. The largest absolute Gasteiger partial charge is 0.508 e. The fraction of sp³-hybridized carbons (Fsp3) is 0.444. The molecule has 17 heteroatoms. The lowest BCUT2D eigenvalue weighted by atomic mass is 9.98. The van der Waals surface area contributed by atoms with Crippen LogP contribution in [0, 0.1) is 0 Å². The van der Waals surface area contributed by atoms with Gasteiger partial charge in [-0.2, -0.15) is 0 Å². The minimum Gasteiger partial charge on any atom is -0.508 e. The molecule has 11 N–H and O–H groups in total. The second-order valence-electron chi connectivity index (χ2n) is 10.3. The molecule has 5 rings (SSSR count). The third kappa shape index (κ3) is 5.68. The topological polar surface area (TPSA) is 290 Å². The zero-order chi connectivity index (χ0) is 32.0. The molecule has 0 unspecified atom stereocenters. The van der Waals surface area contributed by atoms with E-state index in [1.165, 1.54) is 0 Å². The number of aliphatic hydroxyl groups is 6. The van der Waals surface area contributed by atoms with Crippen molar-refractivity contribution in [2.75, 3.05) is 13.2 Å². The molecule has 44 heavy (non-hydrogen) atoms. The number of aromatic hydroxyl groups is 5. The summed E-state index contributed by atoms with van der Waals surface area (Å²) in [6, 6.07) is 3.57. The Bertz CT molecular complexity index is 1550. The molecule has 0 radical (unpaired) electrons. The summed E-state index contributed by atoms with van der Waals surface area (Å²) in [5.41, 5.74) is -1.73. The molecule has 240 valence electrons. The number of aliphatic hydroxyl groups excluding tert-OH is 6. The van der Waals surface area contributed by atoms with Gasteiger partial charge < -0.3 is 79.5 Å². The van der Waals surface area contributed by atoms with Crippen LogP contribution in [0.4, 0.5) is 0 Å². The highest BCUT2D eigenvalue weighted by Gasteiger charge is 2.50. The Labute approximate surface area is 246 Å². The van der Waals surface area contributed by atoms with E-state index in [2.05, 4.69) is 0 Å². The lowest BCUT2D eigenvalue weighted by molar-refractivity contribution is -0.341. The first kappa shape index (κ1) is 31.5. The molecule has 2 aliphatic heterocycles. The average molecular weight is 627 g/mol. The quantitative estimate of drug-likeness (QED) is 0.127. The molecule has 2 aliphatic rings. The van der Waals surface area contributed by atoms with Crippen LogP contribution >= 0.6 is 0 Å². The van der Waals surface area contributed by atoms with Crippen LogP contribution in [0.15, 0.2) is 33.5 Å². The van der Waals surface area contributed by atoms with E-state index < -0.39 is 120 Å². The van der Waals surface area contributed by atoms with Crippen LogP contribution in [0.2, 0.25) is 0 Å². The molecule has 3 aromatic rings. The lowest BCUT2D eigenvalue weighted by Crippen LogP contribution is -2.63. The van der Waals surface area contributed by atoms with Gasteiger partial charge in [0, 0.05) is 24.1 Å². The van der Waals surface area contributed by atoms with Gasteiger partial charge in [-0.1, -0.05) is 0 Å². The van der Waals surface area contributed by atoms with E-state index in [-0.39, 0.29) is 17.6 Å². The van der Waals surface area contributed by atoms with Crippen molar-refractivity contribution < 1.29 is 79.5 Å². The molecule has 0 bridgehead atoms. The fourth-order valence-electron chi connectivity index (χ4n) is 5.04. The van der Waals surface area contributed by atoms with Crippen LogP contribution in [0.25, 0.3) is 22.3 Å². The summed E-state index contributed by atoms with van der Waals surface area (Å²) in [6.45, 7) is -1.40. The molecule has 0 amide bonds. The van der Waals surface area contributed by atoms with Gasteiger partial charge in [0.1, 0.15) is 53.0 Å². The van der Waals surface area contributed by atoms with Crippen LogP contribution in [-0.4, -0.2) is 125 Å². The highest BCUT2D eigenvalue weighted by atomic mass is 16.7. The van der Waals surface area contributed by atoms with E-state index >= 15 is 0 Å². The molecule has 3 heterocycles. The number of fused-ring (bicyclic) bond motifs is 1. The van der Waals surface area contributed by atoms with Gasteiger partial charge in [-0.05, 0) is 12.1 Å². The number of phenols is 5. The highest BCUT2D eigenvalue weighted by Crippen LogP contribution is 2.43. The van der Waals surface area contributed by atoms with Gasteiger partial charge in [-0.3, -0.25) is 4.79 Å². The number of benzene rings is 2. The molecule has 1 aromatic heterocycles. The molecule has 2 saturated heterocycles. The first-order valence-electron chi connectivity index (χ1n) is 13.2. The maximum Gasteiger partial charge on any atom is 0.239 e. The Balaban J connectivity index is 1.52. The minimum absolute atomic E-state index is 0.119. The van der Waals surface area contributed by atoms with Crippen LogP contribution < -0.4 is 10.2 Å². The first-order chi connectivity index (χ1) is 20.8. The molecule has 0 saturated carbocycles. The Kier molecular flexibility index (Phi) is 8.76. The van der Waals surface area contributed by atoms with Gasteiger partial charge in [0.2, 0.25) is 17.5 Å². The number of phenolic OH excluding ortho intramolecular Hbond substituents is 5. The SMILES string of the molecule is O=c1c(O[C@@H]2O[C@H](CO)[C@@H](O[C@@H]3O[C@H](CO)C[C@H](O)[C@H]3O)[C@H](O)[C@H]2O)c(-c2cc(O)c(O)c(O)c2)oc2cc(O)cc(O)c12. The van der Waals surface area contributed by atoms with Crippen molar-refractivity contribution in [3.05, 3.63) is 34.5 Å². The van der Waals surface area contributed by atoms with E-state index in [1.807, 2.05) is 0 Å². The average Bonchev–Trinajstić information content (AvgIpc) is 2.97. The summed E-state index contributed by atoms with van der Waals surface area (Å²) < 4.78 is 27.9. The van der Waals surface area contributed by atoms with E-state index in [9.17, 15) is 61.0 Å². The number of hydrogen-bond donors (Lipinski definition) is 11. The summed E-state index contributed by atoms with van der Waals surface area (Å²) in [5, 5.41) is 111. The normalized spacial score (nSPS) is 30.8. The van der Waals surface area contributed by atoms with Crippen molar-refractivity contribution in [3.63, 3.8) is 0 Å².